The van der Waals surface area contributed by atoms with Crippen molar-refractivity contribution in [3.05, 3.63) is 109 Å². The molecule has 2 heterocycles. The number of rotatable bonds is 6. The van der Waals surface area contributed by atoms with Gasteiger partial charge in [0, 0.05) is 33.8 Å². The number of hydrogen-bond acceptors (Lipinski definition) is 6. The molecule has 0 aliphatic heterocycles. The second-order valence-electron chi connectivity index (χ2n) is 8.70. The minimum atomic E-state index is -1.24. The number of anilines is 4. The number of fused-ring (bicyclic) bond motifs is 3. The zero-order chi connectivity index (χ0) is 26.8. The summed E-state index contributed by atoms with van der Waals surface area (Å²) in [5.41, 5.74) is 4.90. The normalized spacial score (nSPS) is 10.9. The molecule has 0 atom stereocenters. The van der Waals surface area contributed by atoms with Crippen LogP contribution in [-0.2, 0) is 0 Å². The fourth-order valence-electron chi connectivity index (χ4n) is 4.41. The Morgan fingerprint density at radius 3 is 2.33 bits per heavy atom. The highest BCUT2D eigenvalue weighted by Gasteiger charge is 2.14. The molecule has 6 aromatic rings. The van der Waals surface area contributed by atoms with Gasteiger partial charge in [-0.05, 0) is 48.5 Å². The van der Waals surface area contributed by atoms with Crippen molar-refractivity contribution >= 4 is 56.8 Å². The van der Waals surface area contributed by atoms with Crippen molar-refractivity contribution in [3.8, 4) is 11.3 Å². The van der Waals surface area contributed by atoms with E-state index >= 15 is 0 Å². The summed E-state index contributed by atoms with van der Waals surface area (Å²) in [6, 6.07) is 29.2. The molecule has 0 bridgehead atoms. The zero-order valence-electron chi connectivity index (χ0n) is 20.4. The van der Waals surface area contributed by atoms with Crippen molar-refractivity contribution < 1.29 is 19.1 Å². The van der Waals surface area contributed by atoms with Crippen molar-refractivity contribution in [2.24, 2.45) is 0 Å². The molecule has 0 aliphatic carbocycles. The van der Waals surface area contributed by atoms with Crippen LogP contribution in [0.5, 0.6) is 0 Å². The SMILES string of the molecule is O=C(O)Nc1ccccc1C(=O)Nc1ccc(Nc2cc(-c3cccc4c3oc3ccccc34)ncn2)cc1. The molecule has 9 heteroatoms. The summed E-state index contributed by atoms with van der Waals surface area (Å²) in [5, 5.41) is 19.4. The standard InChI is InChI=1S/C30H21N5O4/c36-29(23-7-1-3-10-24(23)35-30(37)38)34-19-14-12-18(13-15-19)33-27-16-25(31-17-32-27)22-9-5-8-21-20-6-2-4-11-26(20)39-28(21)22/h1-17,35H,(H,34,36)(H,37,38)(H,31,32,33). The molecule has 2 aromatic heterocycles. The highest BCUT2D eigenvalue weighted by Crippen LogP contribution is 2.35. The zero-order valence-corrected chi connectivity index (χ0v) is 20.4. The minimum Gasteiger partial charge on any atom is -0.465 e. The van der Waals surface area contributed by atoms with Crippen molar-refractivity contribution in [3.63, 3.8) is 0 Å². The maximum atomic E-state index is 12.7. The number of amides is 2. The van der Waals surface area contributed by atoms with E-state index in [-0.39, 0.29) is 11.3 Å². The first kappa shape index (κ1) is 23.7. The number of nitrogens with zero attached hydrogens (tertiary/aromatic N) is 2. The molecule has 9 nitrogen and oxygen atoms in total. The first-order valence-corrected chi connectivity index (χ1v) is 12.1. The highest BCUT2D eigenvalue weighted by molar-refractivity contribution is 6.10. The average Bonchev–Trinajstić information content (AvgIpc) is 3.33. The van der Waals surface area contributed by atoms with Gasteiger partial charge in [0.2, 0.25) is 0 Å². The predicted molar refractivity (Wildman–Crippen MR) is 151 cm³/mol. The predicted octanol–water partition coefficient (Wildman–Crippen LogP) is 7.13. The van der Waals surface area contributed by atoms with Crippen molar-refractivity contribution in [2.75, 3.05) is 16.0 Å². The fourth-order valence-corrected chi connectivity index (χ4v) is 4.41. The number of aromatic nitrogens is 2. The molecule has 0 saturated heterocycles. The molecule has 39 heavy (non-hydrogen) atoms. The van der Waals surface area contributed by atoms with Gasteiger partial charge in [-0.15, -0.1) is 0 Å². The second-order valence-corrected chi connectivity index (χ2v) is 8.70. The third-order valence-corrected chi connectivity index (χ3v) is 6.18. The molecular formula is C30H21N5O4. The van der Waals surface area contributed by atoms with Crippen molar-refractivity contribution in [1.29, 1.82) is 0 Å². The van der Waals surface area contributed by atoms with Crippen LogP contribution in [0.3, 0.4) is 0 Å². The quantitative estimate of drug-likeness (QED) is 0.186. The van der Waals surface area contributed by atoms with Crippen LogP contribution in [0.15, 0.2) is 108 Å². The molecule has 0 radical (unpaired) electrons. The van der Waals surface area contributed by atoms with E-state index in [9.17, 15) is 9.59 Å². The summed E-state index contributed by atoms with van der Waals surface area (Å²) in [4.78, 5) is 32.6. The highest BCUT2D eigenvalue weighted by atomic mass is 16.4. The maximum absolute atomic E-state index is 12.7. The van der Waals surface area contributed by atoms with Crippen molar-refractivity contribution in [1.82, 2.24) is 9.97 Å². The van der Waals surface area contributed by atoms with Gasteiger partial charge in [0.05, 0.1) is 16.9 Å². The lowest BCUT2D eigenvalue weighted by Gasteiger charge is -2.11. The molecule has 0 spiro atoms. The van der Waals surface area contributed by atoms with E-state index in [4.69, 9.17) is 9.52 Å². The summed E-state index contributed by atoms with van der Waals surface area (Å²) < 4.78 is 6.15. The summed E-state index contributed by atoms with van der Waals surface area (Å²) in [6.07, 6.45) is 0.254. The molecular weight excluding hydrogens is 494 g/mol. The van der Waals surface area contributed by atoms with Crippen LogP contribution in [0, 0.1) is 0 Å². The number of benzene rings is 4. The van der Waals surface area contributed by atoms with Crippen LogP contribution in [0.2, 0.25) is 0 Å². The van der Waals surface area contributed by atoms with E-state index in [1.54, 1.807) is 42.5 Å². The van der Waals surface area contributed by atoms with Crippen LogP contribution in [0.1, 0.15) is 10.4 Å². The third kappa shape index (κ3) is 4.84. The van der Waals surface area contributed by atoms with Crippen LogP contribution in [0.25, 0.3) is 33.2 Å². The van der Waals surface area contributed by atoms with Gasteiger partial charge in [-0.25, -0.2) is 14.8 Å². The molecule has 0 fully saturated rings. The van der Waals surface area contributed by atoms with Crippen LogP contribution < -0.4 is 16.0 Å². The van der Waals surface area contributed by atoms with Gasteiger partial charge in [-0.1, -0.05) is 42.5 Å². The Hall–Kier alpha value is -5.70. The van der Waals surface area contributed by atoms with Gasteiger partial charge < -0.3 is 20.2 Å². The van der Waals surface area contributed by atoms with Gasteiger partial charge in [0.25, 0.3) is 5.91 Å². The van der Waals surface area contributed by atoms with Crippen LogP contribution in [-0.4, -0.2) is 27.1 Å². The number of carbonyl (C=O) groups is 2. The summed E-state index contributed by atoms with van der Waals surface area (Å²) in [7, 11) is 0. The first-order valence-electron chi connectivity index (χ1n) is 12.1. The molecule has 4 aromatic carbocycles. The summed E-state index contributed by atoms with van der Waals surface area (Å²) >= 11 is 0. The van der Waals surface area contributed by atoms with Crippen LogP contribution >= 0.6 is 0 Å². The lowest BCUT2D eigenvalue weighted by molar-refractivity contribution is 0.102. The Kier molecular flexibility index (Phi) is 6.06. The summed E-state index contributed by atoms with van der Waals surface area (Å²) in [6.45, 7) is 0. The van der Waals surface area contributed by atoms with Gasteiger partial charge in [0.15, 0.2) is 0 Å². The van der Waals surface area contributed by atoms with Gasteiger partial charge in [-0.2, -0.15) is 0 Å². The Morgan fingerprint density at radius 2 is 1.49 bits per heavy atom. The molecule has 0 unspecified atom stereocenters. The fraction of sp³-hybridized carbons (Fsp3) is 0. The average molecular weight is 516 g/mol. The number of para-hydroxylation sites is 3. The maximum Gasteiger partial charge on any atom is 0.409 e. The monoisotopic (exact) mass is 515 g/mol. The lowest BCUT2D eigenvalue weighted by Crippen LogP contribution is -2.16. The Labute approximate surface area is 222 Å². The topological polar surface area (TPSA) is 129 Å². The number of furan rings is 1. The largest absolute Gasteiger partial charge is 0.465 e. The van der Waals surface area contributed by atoms with Gasteiger partial charge in [-0.3, -0.25) is 10.1 Å². The molecule has 6 rings (SSSR count). The molecule has 0 saturated carbocycles. The smallest absolute Gasteiger partial charge is 0.409 e. The van der Waals surface area contributed by atoms with Crippen molar-refractivity contribution in [2.45, 2.75) is 0 Å². The Balaban J connectivity index is 1.20. The van der Waals surface area contributed by atoms with Gasteiger partial charge >= 0.3 is 6.09 Å². The Bertz CT molecular complexity index is 1850. The number of nitrogens with one attached hydrogen (secondary N) is 3. The molecule has 0 aliphatic rings. The number of carboxylic acid groups (broad SMARTS) is 1. The number of hydrogen-bond donors (Lipinski definition) is 4. The van der Waals surface area contributed by atoms with E-state index in [2.05, 4.69) is 25.9 Å². The van der Waals surface area contributed by atoms with Gasteiger partial charge in [0.1, 0.15) is 23.3 Å². The van der Waals surface area contributed by atoms with E-state index in [1.807, 2.05) is 48.5 Å². The molecule has 4 N–H and O–H groups in total. The number of carbonyl (C=O) groups excluding carboxylic acids is 1. The first-order chi connectivity index (χ1) is 19.0. The second kappa shape index (κ2) is 9.98. The minimum absolute atomic E-state index is 0.207. The third-order valence-electron chi connectivity index (χ3n) is 6.18. The Morgan fingerprint density at radius 1 is 0.744 bits per heavy atom. The van der Waals surface area contributed by atoms with E-state index < -0.39 is 12.0 Å². The lowest BCUT2D eigenvalue weighted by atomic mass is 10.1. The van der Waals surface area contributed by atoms with E-state index in [0.29, 0.717) is 11.5 Å². The van der Waals surface area contributed by atoms with E-state index in [0.717, 1.165) is 38.9 Å². The van der Waals surface area contributed by atoms with E-state index in [1.165, 1.54) is 12.4 Å². The molecule has 190 valence electrons. The molecule has 2 amide bonds. The summed E-state index contributed by atoms with van der Waals surface area (Å²) in [5.74, 6) is 0.166. The van der Waals surface area contributed by atoms with Crippen LogP contribution in [0.4, 0.5) is 27.7 Å².